The molecule has 0 radical (unpaired) electrons. The molecule has 0 aliphatic rings. The molecule has 0 bridgehead atoms. The van der Waals surface area contributed by atoms with Crippen molar-refractivity contribution in [3.05, 3.63) is 69.5 Å². The van der Waals surface area contributed by atoms with Crippen LogP contribution < -0.4 is 0 Å². The highest BCUT2D eigenvalue weighted by Gasteiger charge is 2.14. The molecular formula is C14H10FNO4S. The largest absolute Gasteiger partial charge is 0.478 e. The number of benzene rings is 2. The molecule has 2 aromatic carbocycles. The first-order chi connectivity index (χ1) is 9.99. The molecule has 0 heterocycles. The van der Waals surface area contributed by atoms with Crippen LogP contribution in [0.25, 0.3) is 0 Å². The summed E-state index contributed by atoms with van der Waals surface area (Å²) in [5.41, 5.74) is 0.116. The number of hydrogen-bond donors (Lipinski definition) is 1. The summed E-state index contributed by atoms with van der Waals surface area (Å²) in [5.74, 6) is -1.57. The van der Waals surface area contributed by atoms with Gasteiger partial charge < -0.3 is 5.11 Å². The second-order valence-corrected chi connectivity index (χ2v) is 5.14. The number of carbonyl (C=O) groups is 1. The van der Waals surface area contributed by atoms with Gasteiger partial charge in [0.05, 0.1) is 15.4 Å². The quantitative estimate of drug-likeness (QED) is 0.517. The van der Waals surface area contributed by atoms with Crippen LogP contribution in [0.1, 0.15) is 15.9 Å². The van der Waals surface area contributed by atoms with Crippen molar-refractivity contribution in [3.63, 3.8) is 0 Å². The molecule has 108 valence electrons. The van der Waals surface area contributed by atoms with Gasteiger partial charge in [0.25, 0.3) is 5.69 Å². The molecule has 2 rings (SSSR count). The van der Waals surface area contributed by atoms with Gasteiger partial charge in [-0.1, -0.05) is 12.1 Å². The van der Waals surface area contributed by atoms with Crippen LogP contribution in [0.2, 0.25) is 0 Å². The molecule has 0 spiro atoms. The van der Waals surface area contributed by atoms with Crippen molar-refractivity contribution < 1.29 is 19.2 Å². The fourth-order valence-electron chi connectivity index (χ4n) is 1.70. The van der Waals surface area contributed by atoms with E-state index in [-0.39, 0.29) is 22.6 Å². The highest BCUT2D eigenvalue weighted by atomic mass is 32.2. The Morgan fingerprint density at radius 2 is 2.00 bits per heavy atom. The Morgan fingerprint density at radius 3 is 2.67 bits per heavy atom. The summed E-state index contributed by atoms with van der Waals surface area (Å²) in [6.45, 7) is 0. The molecule has 0 aliphatic heterocycles. The minimum atomic E-state index is -1.15. The topological polar surface area (TPSA) is 80.4 Å². The molecule has 5 nitrogen and oxygen atoms in total. The van der Waals surface area contributed by atoms with E-state index >= 15 is 0 Å². The van der Waals surface area contributed by atoms with E-state index in [2.05, 4.69) is 0 Å². The summed E-state index contributed by atoms with van der Waals surface area (Å²) >= 11 is 1.09. The van der Waals surface area contributed by atoms with Gasteiger partial charge in [0.1, 0.15) is 5.82 Å². The number of nitro benzene ring substituents is 1. The van der Waals surface area contributed by atoms with E-state index in [9.17, 15) is 19.3 Å². The summed E-state index contributed by atoms with van der Waals surface area (Å²) in [6.07, 6.45) is 0. The lowest BCUT2D eigenvalue weighted by atomic mass is 10.1. The molecule has 0 saturated carbocycles. The van der Waals surface area contributed by atoms with Crippen molar-refractivity contribution in [3.8, 4) is 0 Å². The molecule has 2 aromatic rings. The van der Waals surface area contributed by atoms with E-state index in [0.717, 1.165) is 17.8 Å². The van der Waals surface area contributed by atoms with E-state index in [1.165, 1.54) is 18.2 Å². The SMILES string of the molecule is O=C(O)c1ccc(F)c(CSc2ccccc2[N+](=O)[O-])c1. The predicted octanol–water partition coefficient (Wildman–Crippen LogP) is 3.72. The van der Waals surface area contributed by atoms with Gasteiger partial charge in [0.15, 0.2) is 0 Å². The third kappa shape index (κ3) is 3.57. The average molecular weight is 307 g/mol. The maximum absolute atomic E-state index is 13.7. The van der Waals surface area contributed by atoms with Gasteiger partial charge in [0.2, 0.25) is 0 Å². The zero-order valence-electron chi connectivity index (χ0n) is 10.7. The van der Waals surface area contributed by atoms with Gasteiger partial charge in [-0.15, -0.1) is 11.8 Å². The molecule has 7 heteroatoms. The molecule has 0 aromatic heterocycles. The molecule has 21 heavy (non-hydrogen) atoms. The minimum Gasteiger partial charge on any atom is -0.478 e. The number of thioether (sulfide) groups is 1. The third-order valence-corrected chi connectivity index (χ3v) is 3.85. The number of carboxylic acids is 1. The first-order valence-corrected chi connectivity index (χ1v) is 6.85. The monoisotopic (exact) mass is 307 g/mol. The van der Waals surface area contributed by atoms with Crippen LogP contribution in [0.3, 0.4) is 0 Å². The first-order valence-electron chi connectivity index (χ1n) is 5.87. The van der Waals surface area contributed by atoms with Crippen LogP contribution in [0.5, 0.6) is 0 Å². The number of rotatable bonds is 5. The summed E-state index contributed by atoms with van der Waals surface area (Å²) in [6, 6.07) is 9.64. The fourth-order valence-corrected chi connectivity index (χ4v) is 2.70. The molecule has 0 aliphatic carbocycles. The summed E-state index contributed by atoms with van der Waals surface area (Å²) in [4.78, 5) is 21.6. The fraction of sp³-hybridized carbons (Fsp3) is 0.0714. The Bertz CT molecular complexity index is 705. The number of carboxylic acid groups (broad SMARTS) is 1. The number of nitrogens with zero attached hydrogens (tertiary/aromatic N) is 1. The van der Waals surface area contributed by atoms with Crippen molar-refractivity contribution in [2.45, 2.75) is 10.6 Å². The maximum Gasteiger partial charge on any atom is 0.335 e. The van der Waals surface area contributed by atoms with E-state index < -0.39 is 16.7 Å². The van der Waals surface area contributed by atoms with Crippen LogP contribution in [-0.2, 0) is 5.75 Å². The Balaban J connectivity index is 2.22. The highest BCUT2D eigenvalue weighted by molar-refractivity contribution is 7.98. The average Bonchev–Trinajstić information content (AvgIpc) is 2.46. The lowest BCUT2D eigenvalue weighted by Gasteiger charge is -2.05. The van der Waals surface area contributed by atoms with E-state index in [4.69, 9.17) is 5.11 Å². The van der Waals surface area contributed by atoms with Gasteiger partial charge >= 0.3 is 5.97 Å². The van der Waals surface area contributed by atoms with Crippen LogP contribution in [0.15, 0.2) is 47.4 Å². The second-order valence-electron chi connectivity index (χ2n) is 4.12. The summed E-state index contributed by atoms with van der Waals surface area (Å²) < 4.78 is 13.7. The smallest absolute Gasteiger partial charge is 0.335 e. The summed E-state index contributed by atoms with van der Waals surface area (Å²) in [5, 5.41) is 19.8. The Morgan fingerprint density at radius 1 is 1.29 bits per heavy atom. The minimum absolute atomic E-state index is 0.0189. The molecule has 0 atom stereocenters. The molecule has 0 amide bonds. The van der Waals surface area contributed by atoms with Crippen LogP contribution in [-0.4, -0.2) is 16.0 Å². The third-order valence-electron chi connectivity index (χ3n) is 2.74. The van der Waals surface area contributed by atoms with E-state index in [0.29, 0.717) is 4.90 Å². The highest BCUT2D eigenvalue weighted by Crippen LogP contribution is 2.31. The Kier molecular flexibility index (Phi) is 4.54. The second kappa shape index (κ2) is 6.36. The number of nitro groups is 1. The summed E-state index contributed by atoms with van der Waals surface area (Å²) in [7, 11) is 0. The lowest BCUT2D eigenvalue weighted by molar-refractivity contribution is -0.387. The van der Waals surface area contributed by atoms with Crippen molar-refractivity contribution >= 4 is 23.4 Å². The molecule has 0 saturated heterocycles. The van der Waals surface area contributed by atoms with E-state index in [1.54, 1.807) is 18.2 Å². The van der Waals surface area contributed by atoms with E-state index in [1.807, 2.05) is 0 Å². The van der Waals surface area contributed by atoms with Crippen LogP contribution in [0.4, 0.5) is 10.1 Å². The lowest BCUT2D eigenvalue weighted by Crippen LogP contribution is -1.99. The molecule has 0 fully saturated rings. The standard InChI is InChI=1S/C14H10FNO4S/c15-11-6-5-9(14(17)18)7-10(11)8-21-13-4-2-1-3-12(13)16(19)20/h1-7H,8H2,(H,17,18). The van der Waals surface area contributed by atoms with Gasteiger partial charge in [-0.05, 0) is 29.8 Å². The number of halogens is 1. The number of aromatic carboxylic acids is 1. The zero-order chi connectivity index (χ0) is 15.4. The Labute approximate surface area is 123 Å². The van der Waals surface area contributed by atoms with Gasteiger partial charge in [-0.2, -0.15) is 0 Å². The molecular weight excluding hydrogens is 297 g/mol. The number of para-hydroxylation sites is 1. The van der Waals surface area contributed by atoms with Crippen molar-refractivity contribution in [1.29, 1.82) is 0 Å². The normalized spacial score (nSPS) is 10.3. The van der Waals surface area contributed by atoms with Crippen LogP contribution >= 0.6 is 11.8 Å². The van der Waals surface area contributed by atoms with Crippen molar-refractivity contribution in [1.82, 2.24) is 0 Å². The van der Waals surface area contributed by atoms with Crippen molar-refractivity contribution in [2.24, 2.45) is 0 Å². The van der Waals surface area contributed by atoms with Crippen LogP contribution in [0, 0.1) is 15.9 Å². The first kappa shape index (κ1) is 15.0. The number of hydrogen-bond acceptors (Lipinski definition) is 4. The maximum atomic E-state index is 13.7. The van der Waals surface area contributed by atoms with Crippen molar-refractivity contribution in [2.75, 3.05) is 0 Å². The molecule has 1 N–H and O–H groups in total. The zero-order valence-corrected chi connectivity index (χ0v) is 11.5. The predicted molar refractivity (Wildman–Crippen MR) is 76.0 cm³/mol. The van der Waals surface area contributed by atoms with Gasteiger partial charge in [-0.25, -0.2) is 9.18 Å². The molecule has 0 unspecified atom stereocenters. The Hall–Kier alpha value is -2.41. The van der Waals surface area contributed by atoms with Gasteiger partial charge in [-0.3, -0.25) is 10.1 Å². The van der Waals surface area contributed by atoms with Gasteiger partial charge in [0, 0.05) is 11.8 Å².